The molecule has 0 saturated heterocycles. The summed E-state index contributed by atoms with van der Waals surface area (Å²) in [5.74, 6) is -1.54. The maximum Gasteiger partial charge on any atom is 0.408 e. The summed E-state index contributed by atoms with van der Waals surface area (Å²) in [6.45, 7) is 1.62. The van der Waals surface area contributed by atoms with Gasteiger partial charge in [0.25, 0.3) is 0 Å². The van der Waals surface area contributed by atoms with Crippen LogP contribution in [0.3, 0.4) is 0 Å². The highest BCUT2D eigenvalue weighted by molar-refractivity contribution is 7.92. The smallest absolute Gasteiger partial charge is 0.408 e. The monoisotopic (exact) mass is 635 g/mol. The molecule has 2 aromatic carbocycles. The molecule has 45 heavy (non-hydrogen) atoms. The van der Waals surface area contributed by atoms with Crippen molar-refractivity contribution >= 4 is 38.7 Å². The van der Waals surface area contributed by atoms with Crippen LogP contribution in [-0.4, -0.2) is 65.7 Å². The first-order valence-corrected chi connectivity index (χ1v) is 17.6. The van der Waals surface area contributed by atoms with E-state index in [1.165, 1.54) is 6.42 Å². The van der Waals surface area contributed by atoms with Gasteiger partial charge in [0.05, 0.1) is 5.75 Å². The molecule has 0 radical (unpaired) electrons. The normalized spacial score (nSPS) is 25.8. The van der Waals surface area contributed by atoms with Gasteiger partial charge in [0.15, 0.2) is 9.84 Å². The Labute approximate surface area is 263 Å². The molecule has 10 nitrogen and oxygen atoms in total. The molecule has 7 rings (SSSR count). The maximum absolute atomic E-state index is 14.2. The second kappa shape index (κ2) is 12.5. The number of carboxylic acids is 1. The molecule has 4 fully saturated rings. The molecular weight excluding hydrogens is 594 g/mol. The molecule has 4 saturated carbocycles. The Morgan fingerprint density at radius 2 is 1.62 bits per heavy atom. The average molecular weight is 636 g/mol. The van der Waals surface area contributed by atoms with Gasteiger partial charge in [0.1, 0.15) is 17.4 Å². The summed E-state index contributed by atoms with van der Waals surface area (Å²) in [7, 11) is -4.05. The predicted molar refractivity (Wildman–Crippen MR) is 169 cm³/mol. The zero-order chi connectivity index (χ0) is 31.8. The number of amides is 2. The lowest BCUT2D eigenvalue weighted by atomic mass is 9.55. The Kier molecular flexibility index (Phi) is 8.65. The van der Waals surface area contributed by atoms with Crippen molar-refractivity contribution in [2.24, 2.45) is 23.7 Å². The Hall–Kier alpha value is -3.86. The van der Waals surface area contributed by atoms with Gasteiger partial charge in [-0.3, -0.25) is 9.59 Å². The molecule has 4 aliphatic carbocycles. The number of sulfone groups is 1. The lowest BCUT2D eigenvalue weighted by Gasteiger charge is -2.53. The predicted octanol–water partition coefficient (Wildman–Crippen LogP) is 4.25. The minimum Gasteiger partial charge on any atom is -0.480 e. The van der Waals surface area contributed by atoms with Crippen LogP contribution in [0.15, 0.2) is 60.8 Å². The van der Waals surface area contributed by atoms with E-state index in [4.69, 9.17) is 4.74 Å². The number of carboxylic acid groups (broad SMARTS) is 1. The SMILES string of the molecule is CC(Cc1c[nH]c2ccccc12)(NC(=O)OC1C2CC3CC(C2)CC1C3)C(=O)NC(Cc1ccccc1)CS(=O)(=O)CC(=O)O. The van der Waals surface area contributed by atoms with E-state index in [2.05, 4.69) is 15.6 Å². The average Bonchev–Trinajstić information content (AvgIpc) is 3.36. The first-order chi connectivity index (χ1) is 21.5. The molecule has 11 heteroatoms. The summed E-state index contributed by atoms with van der Waals surface area (Å²) < 4.78 is 31.6. The number of para-hydroxylation sites is 1. The zero-order valence-corrected chi connectivity index (χ0v) is 26.2. The van der Waals surface area contributed by atoms with Crippen LogP contribution in [0.4, 0.5) is 4.79 Å². The van der Waals surface area contributed by atoms with Crippen molar-refractivity contribution in [2.75, 3.05) is 11.5 Å². The van der Waals surface area contributed by atoms with Crippen molar-refractivity contribution in [2.45, 2.75) is 69.6 Å². The highest BCUT2D eigenvalue weighted by Gasteiger charge is 2.50. The van der Waals surface area contributed by atoms with Crippen LogP contribution in [0.1, 0.15) is 50.2 Å². The number of nitrogens with one attached hydrogen (secondary N) is 3. The quantitative estimate of drug-likeness (QED) is 0.232. The topological polar surface area (TPSA) is 155 Å². The highest BCUT2D eigenvalue weighted by atomic mass is 32.2. The Morgan fingerprint density at radius 3 is 2.29 bits per heavy atom. The molecule has 3 aromatic rings. The first-order valence-electron chi connectivity index (χ1n) is 15.8. The Morgan fingerprint density at radius 1 is 0.978 bits per heavy atom. The van der Waals surface area contributed by atoms with E-state index in [0.717, 1.165) is 47.7 Å². The van der Waals surface area contributed by atoms with Gasteiger partial charge in [-0.15, -0.1) is 0 Å². The van der Waals surface area contributed by atoms with Crippen LogP contribution < -0.4 is 10.6 Å². The van der Waals surface area contributed by atoms with E-state index in [1.807, 2.05) is 54.6 Å². The number of hydrogen-bond acceptors (Lipinski definition) is 6. The summed E-state index contributed by atoms with van der Waals surface area (Å²) in [4.78, 5) is 42.3. The molecular formula is C34H41N3O7S. The Balaban J connectivity index is 1.25. The Bertz CT molecular complexity index is 1640. The third-order valence-corrected chi connectivity index (χ3v) is 11.5. The summed E-state index contributed by atoms with van der Waals surface area (Å²) in [6, 6.07) is 15.8. The molecule has 4 N–H and O–H groups in total. The third-order valence-electron chi connectivity index (χ3n) is 9.94. The second-order valence-electron chi connectivity index (χ2n) is 13.6. The van der Waals surface area contributed by atoms with Crippen LogP contribution in [0.5, 0.6) is 0 Å². The largest absolute Gasteiger partial charge is 0.480 e. The van der Waals surface area contributed by atoms with E-state index in [1.54, 1.807) is 13.1 Å². The number of benzene rings is 2. The number of carbonyl (C=O) groups is 3. The van der Waals surface area contributed by atoms with Gasteiger partial charge in [0.2, 0.25) is 5.91 Å². The minimum atomic E-state index is -4.05. The number of aromatic nitrogens is 1. The molecule has 2 unspecified atom stereocenters. The van der Waals surface area contributed by atoms with Gasteiger partial charge < -0.3 is 25.5 Å². The fourth-order valence-corrected chi connectivity index (χ4v) is 9.54. The van der Waals surface area contributed by atoms with Crippen LogP contribution in [-0.2, 0) is 37.0 Å². The van der Waals surface area contributed by atoms with Crippen LogP contribution in [0.2, 0.25) is 0 Å². The van der Waals surface area contributed by atoms with Crippen LogP contribution in [0, 0.1) is 23.7 Å². The number of carbonyl (C=O) groups excluding carboxylic acids is 2. The molecule has 2 atom stereocenters. The van der Waals surface area contributed by atoms with E-state index < -0.39 is 50.9 Å². The molecule has 1 aromatic heterocycles. The maximum atomic E-state index is 14.2. The molecule has 0 spiro atoms. The standard InChI is InChI=1S/C34H41N3O7S/c1-34(17-26-18-35-29-10-6-5-9-28(26)29,37-33(41)44-31-24-12-22-11-23(14-24)15-25(31)13-22)32(40)36-27(16-21-7-3-2-4-8-21)19-45(42,43)20-30(38)39/h2-10,18,22-25,27,31,35H,11-17,19-20H2,1H3,(H,36,40)(H,37,41)(H,38,39). The first kappa shape index (κ1) is 31.1. The van der Waals surface area contributed by atoms with E-state index in [0.29, 0.717) is 23.7 Å². The van der Waals surface area contributed by atoms with E-state index in [9.17, 15) is 27.9 Å². The number of ether oxygens (including phenoxy) is 1. The van der Waals surface area contributed by atoms with Crippen LogP contribution >= 0.6 is 0 Å². The molecule has 4 bridgehead atoms. The third kappa shape index (κ3) is 7.19. The van der Waals surface area contributed by atoms with Gasteiger partial charge in [-0.25, -0.2) is 13.2 Å². The molecule has 0 aliphatic heterocycles. The minimum absolute atomic E-state index is 0.111. The summed E-state index contributed by atoms with van der Waals surface area (Å²) in [5, 5.41) is 15.8. The van der Waals surface area contributed by atoms with Crippen molar-refractivity contribution in [3.05, 3.63) is 71.9 Å². The zero-order valence-electron chi connectivity index (χ0n) is 25.4. The van der Waals surface area contributed by atoms with Crippen molar-refractivity contribution in [3.8, 4) is 0 Å². The van der Waals surface area contributed by atoms with Gasteiger partial charge in [-0.2, -0.15) is 0 Å². The molecule has 4 aliphatic rings. The number of H-pyrrole nitrogens is 1. The number of hydrogen-bond donors (Lipinski definition) is 4. The van der Waals surface area contributed by atoms with Crippen molar-refractivity contribution in [1.82, 2.24) is 15.6 Å². The summed E-state index contributed by atoms with van der Waals surface area (Å²) in [6.07, 6.45) is 6.81. The molecule has 1 heterocycles. The molecule has 2 amide bonds. The summed E-state index contributed by atoms with van der Waals surface area (Å²) in [5.41, 5.74) is 0.949. The lowest BCUT2D eigenvalue weighted by molar-refractivity contribution is -0.134. The van der Waals surface area contributed by atoms with Gasteiger partial charge in [-0.05, 0) is 86.3 Å². The number of fused-ring (bicyclic) bond motifs is 1. The van der Waals surface area contributed by atoms with Gasteiger partial charge >= 0.3 is 12.1 Å². The van der Waals surface area contributed by atoms with Crippen molar-refractivity contribution in [1.29, 1.82) is 0 Å². The number of aromatic amines is 1. The number of alkyl carbamates (subject to hydrolysis) is 1. The molecule has 240 valence electrons. The fourth-order valence-electron chi connectivity index (χ4n) is 8.23. The highest BCUT2D eigenvalue weighted by Crippen LogP contribution is 2.54. The van der Waals surface area contributed by atoms with Crippen molar-refractivity contribution in [3.63, 3.8) is 0 Å². The van der Waals surface area contributed by atoms with Crippen molar-refractivity contribution < 1.29 is 32.6 Å². The number of rotatable bonds is 12. The second-order valence-corrected chi connectivity index (χ2v) is 15.7. The lowest BCUT2D eigenvalue weighted by Crippen LogP contribution is -2.61. The fraction of sp³-hybridized carbons (Fsp3) is 0.500. The van der Waals surface area contributed by atoms with Gasteiger partial charge in [0, 0.05) is 29.6 Å². The van der Waals surface area contributed by atoms with Gasteiger partial charge in [-0.1, -0.05) is 48.5 Å². The van der Waals surface area contributed by atoms with E-state index in [-0.39, 0.29) is 18.9 Å². The van der Waals surface area contributed by atoms with E-state index >= 15 is 0 Å². The van der Waals surface area contributed by atoms with Crippen LogP contribution in [0.25, 0.3) is 10.9 Å². The summed E-state index contributed by atoms with van der Waals surface area (Å²) >= 11 is 0. The number of aliphatic carboxylic acids is 1.